The highest BCUT2D eigenvalue weighted by Gasteiger charge is 2.17. The second-order valence-electron chi connectivity index (χ2n) is 5.55. The number of nitrogens with zero attached hydrogens (tertiary/aromatic N) is 2. The molecule has 0 aliphatic carbocycles. The van der Waals surface area contributed by atoms with Gasteiger partial charge in [0.25, 0.3) is 10.0 Å². The summed E-state index contributed by atoms with van der Waals surface area (Å²) in [7, 11) is -3.72. The van der Waals surface area contributed by atoms with E-state index in [1.165, 1.54) is 6.33 Å². The van der Waals surface area contributed by atoms with Crippen LogP contribution in [0.15, 0.2) is 71.9 Å². The minimum absolute atomic E-state index is 0.174. The second kappa shape index (κ2) is 6.68. The summed E-state index contributed by atoms with van der Waals surface area (Å²) < 4.78 is 31.3. The topological polar surface area (TPSA) is 72.0 Å². The van der Waals surface area contributed by atoms with Gasteiger partial charge in [0.05, 0.1) is 4.90 Å². The minimum atomic E-state index is -3.72. The number of halogens is 1. The van der Waals surface area contributed by atoms with E-state index in [9.17, 15) is 8.42 Å². The molecule has 0 aliphatic rings. The summed E-state index contributed by atoms with van der Waals surface area (Å²) in [5.41, 5.74) is 2.03. The molecule has 4 rings (SSSR count). The summed E-state index contributed by atoms with van der Waals surface area (Å²) in [5, 5.41) is 2.70. The normalized spacial score (nSPS) is 11.6. The Labute approximate surface area is 159 Å². The zero-order valence-electron chi connectivity index (χ0n) is 13.3. The van der Waals surface area contributed by atoms with Gasteiger partial charge in [-0.25, -0.2) is 13.4 Å². The van der Waals surface area contributed by atoms with Gasteiger partial charge in [-0.1, -0.05) is 48.0 Å². The molecule has 0 fully saturated rings. The largest absolute Gasteiger partial charge is 0.263 e. The molecule has 0 spiro atoms. The van der Waals surface area contributed by atoms with Crippen LogP contribution in [0.2, 0.25) is 5.02 Å². The van der Waals surface area contributed by atoms with E-state index in [1.54, 1.807) is 12.1 Å². The average Bonchev–Trinajstić information content (AvgIpc) is 3.14. The molecule has 0 amide bonds. The summed E-state index contributed by atoms with van der Waals surface area (Å²) in [5.74, 6) is 0. The number of nitrogens with one attached hydrogen (secondary N) is 1. The van der Waals surface area contributed by atoms with Crippen molar-refractivity contribution in [3.05, 3.63) is 72.0 Å². The lowest BCUT2D eigenvalue weighted by atomic mass is 9.98. The minimum Gasteiger partial charge on any atom is -0.253 e. The third-order valence-electron chi connectivity index (χ3n) is 3.90. The molecule has 1 N–H and O–H groups in total. The van der Waals surface area contributed by atoms with Gasteiger partial charge in [-0.2, -0.15) is 4.37 Å². The van der Waals surface area contributed by atoms with Crippen LogP contribution in [0.4, 0.5) is 5.13 Å². The maximum absolute atomic E-state index is 12.5. The molecule has 3 aromatic carbocycles. The zero-order valence-corrected chi connectivity index (χ0v) is 15.6. The first-order valence-corrected chi connectivity index (χ1v) is 10.2. The summed E-state index contributed by atoms with van der Waals surface area (Å²) >= 11 is 6.95. The van der Waals surface area contributed by atoms with Gasteiger partial charge in [0, 0.05) is 16.6 Å². The molecule has 1 aromatic heterocycles. The predicted octanol–water partition coefficient (Wildman–Crippen LogP) is 4.81. The number of hydrogen-bond donors (Lipinski definition) is 1. The van der Waals surface area contributed by atoms with Crippen LogP contribution >= 0.6 is 23.1 Å². The molecular formula is C18H12ClN3O2S2. The molecule has 0 saturated carbocycles. The van der Waals surface area contributed by atoms with Gasteiger partial charge in [-0.15, -0.1) is 0 Å². The summed E-state index contributed by atoms with van der Waals surface area (Å²) in [4.78, 5) is 4.03. The fraction of sp³-hybridized carbons (Fsp3) is 0. The molecule has 8 heteroatoms. The Morgan fingerprint density at radius 1 is 1.00 bits per heavy atom. The fourth-order valence-corrected chi connectivity index (χ4v) is 4.52. The van der Waals surface area contributed by atoms with Crippen molar-refractivity contribution in [3.63, 3.8) is 0 Å². The monoisotopic (exact) mass is 401 g/mol. The number of fused-ring (bicyclic) bond motifs is 1. The van der Waals surface area contributed by atoms with Gasteiger partial charge in [0.15, 0.2) is 0 Å². The molecule has 0 unspecified atom stereocenters. The molecule has 0 aliphatic heterocycles. The lowest BCUT2D eigenvalue weighted by Gasteiger charge is -2.10. The van der Waals surface area contributed by atoms with Crippen molar-refractivity contribution in [2.45, 2.75) is 4.90 Å². The Hall–Kier alpha value is -2.48. The molecule has 26 heavy (non-hydrogen) atoms. The van der Waals surface area contributed by atoms with Crippen molar-refractivity contribution < 1.29 is 8.42 Å². The van der Waals surface area contributed by atoms with E-state index in [1.807, 2.05) is 48.5 Å². The zero-order chi connectivity index (χ0) is 18.1. The summed E-state index contributed by atoms with van der Waals surface area (Å²) in [6.45, 7) is 0. The van der Waals surface area contributed by atoms with E-state index in [4.69, 9.17) is 11.6 Å². The van der Waals surface area contributed by atoms with E-state index in [-0.39, 0.29) is 10.0 Å². The van der Waals surface area contributed by atoms with Crippen molar-refractivity contribution in [1.82, 2.24) is 9.36 Å². The molecule has 0 atom stereocenters. The third-order valence-corrected chi connectivity index (χ3v) is 6.20. The van der Waals surface area contributed by atoms with Crippen molar-refractivity contribution >= 4 is 49.1 Å². The second-order valence-corrected chi connectivity index (χ2v) is 8.45. The first-order chi connectivity index (χ1) is 12.5. The summed E-state index contributed by atoms with van der Waals surface area (Å²) in [6.07, 6.45) is 1.31. The Kier molecular flexibility index (Phi) is 4.36. The maximum Gasteiger partial charge on any atom is 0.263 e. The number of aromatic nitrogens is 2. The molecule has 1 heterocycles. The molecule has 130 valence electrons. The van der Waals surface area contributed by atoms with Gasteiger partial charge in [-0.05, 0) is 46.2 Å². The Bertz CT molecular complexity index is 1180. The van der Waals surface area contributed by atoms with E-state index in [0.717, 1.165) is 33.4 Å². The third kappa shape index (κ3) is 3.29. The lowest BCUT2D eigenvalue weighted by molar-refractivity contribution is 0.601. The molecule has 0 radical (unpaired) electrons. The van der Waals surface area contributed by atoms with Gasteiger partial charge >= 0.3 is 0 Å². The van der Waals surface area contributed by atoms with Crippen LogP contribution in [0.1, 0.15) is 0 Å². The smallest absolute Gasteiger partial charge is 0.253 e. The fourth-order valence-electron chi connectivity index (χ4n) is 2.70. The molecule has 5 nitrogen and oxygen atoms in total. The van der Waals surface area contributed by atoms with Crippen molar-refractivity contribution in [2.24, 2.45) is 0 Å². The SMILES string of the molecule is O=S(=O)(Nc1ncns1)c1ccc2c(-c3ccc(Cl)cc3)cccc2c1. The molecule has 0 bridgehead atoms. The number of sulfonamides is 1. The lowest BCUT2D eigenvalue weighted by Crippen LogP contribution is -2.12. The van der Waals surface area contributed by atoms with Gasteiger partial charge in [-0.3, -0.25) is 4.72 Å². The Morgan fingerprint density at radius 2 is 1.81 bits per heavy atom. The average molecular weight is 402 g/mol. The first kappa shape index (κ1) is 17.0. The maximum atomic E-state index is 12.5. The standard InChI is InChI=1S/C18H12ClN3O2S2/c19-14-6-4-12(5-7-14)16-3-1-2-13-10-15(8-9-17(13)16)26(23,24)22-18-20-11-21-25-18/h1-11H,(H,20,21,22). The first-order valence-electron chi connectivity index (χ1n) is 7.61. The Morgan fingerprint density at radius 3 is 2.54 bits per heavy atom. The molecule has 4 aromatic rings. The van der Waals surface area contributed by atoms with E-state index in [0.29, 0.717) is 5.02 Å². The van der Waals surface area contributed by atoms with Crippen molar-refractivity contribution in [3.8, 4) is 11.1 Å². The number of benzene rings is 3. The number of hydrogen-bond acceptors (Lipinski definition) is 5. The quantitative estimate of drug-likeness (QED) is 0.532. The highest BCUT2D eigenvalue weighted by molar-refractivity contribution is 7.93. The predicted molar refractivity (Wildman–Crippen MR) is 105 cm³/mol. The molecule has 0 saturated heterocycles. The number of anilines is 1. The van der Waals surface area contributed by atoms with Crippen molar-refractivity contribution in [1.29, 1.82) is 0 Å². The van der Waals surface area contributed by atoms with Crippen molar-refractivity contribution in [2.75, 3.05) is 4.72 Å². The van der Waals surface area contributed by atoms with Crippen LogP contribution in [-0.2, 0) is 10.0 Å². The van der Waals surface area contributed by atoms with Gasteiger partial charge in [0.2, 0.25) is 5.13 Å². The Balaban J connectivity index is 1.78. The van der Waals surface area contributed by atoms with E-state index in [2.05, 4.69) is 14.1 Å². The van der Waals surface area contributed by atoms with Crippen LogP contribution in [0.25, 0.3) is 21.9 Å². The van der Waals surface area contributed by atoms with Gasteiger partial charge in [0.1, 0.15) is 6.33 Å². The van der Waals surface area contributed by atoms with Crippen LogP contribution in [0.5, 0.6) is 0 Å². The number of rotatable bonds is 4. The highest BCUT2D eigenvalue weighted by Crippen LogP contribution is 2.31. The van der Waals surface area contributed by atoms with E-state index >= 15 is 0 Å². The van der Waals surface area contributed by atoms with Crippen LogP contribution in [0, 0.1) is 0 Å². The van der Waals surface area contributed by atoms with Crippen LogP contribution in [0.3, 0.4) is 0 Å². The highest BCUT2D eigenvalue weighted by atomic mass is 35.5. The molecular weight excluding hydrogens is 390 g/mol. The van der Waals surface area contributed by atoms with Crippen LogP contribution < -0.4 is 4.72 Å². The van der Waals surface area contributed by atoms with E-state index < -0.39 is 10.0 Å². The summed E-state index contributed by atoms with van der Waals surface area (Å²) in [6, 6.07) is 18.4. The van der Waals surface area contributed by atoms with Gasteiger partial charge < -0.3 is 0 Å². The van der Waals surface area contributed by atoms with Crippen LogP contribution in [-0.4, -0.2) is 17.8 Å².